The van der Waals surface area contributed by atoms with Gasteiger partial charge in [0.25, 0.3) is 0 Å². The molecule has 25 heavy (non-hydrogen) atoms. The summed E-state index contributed by atoms with van der Waals surface area (Å²) in [4.78, 5) is 4.34. The van der Waals surface area contributed by atoms with E-state index in [-0.39, 0.29) is 0 Å². The number of halogens is 1. The molecule has 1 aromatic carbocycles. The molecule has 134 valence electrons. The number of nitrogens with zero attached hydrogens (tertiary/aromatic N) is 2. The van der Waals surface area contributed by atoms with Gasteiger partial charge in [0.2, 0.25) is 0 Å². The van der Waals surface area contributed by atoms with E-state index in [1.54, 1.807) is 7.05 Å². The van der Waals surface area contributed by atoms with Crippen LogP contribution < -0.4 is 10.6 Å². The van der Waals surface area contributed by atoms with Gasteiger partial charge in [0.1, 0.15) is 5.76 Å². The third kappa shape index (κ3) is 4.15. The topological polar surface area (TPSA) is 62.5 Å². The third-order valence-electron chi connectivity index (χ3n) is 4.65. The zero-order chi connectivity index (χ0) is 17.8. The van der Waals surface area contributed by atoms with Gasteiger partial charge in [0, 0.05) is 42.6 Å². The summed E-state index contributed by atoms with van der Waals surface area (Å²) in [7, 11) is 1.79. The molecule has 0 spiro atoms. The van der Waals surface area contributed by atoms with Crippen molar-refractivity contribution >= 4 is 17.6 Å². The lowest BCUT2D eigenvalue weighted by Gasteiger charge is -2.12. The Bertz CT molecular complexity index is 734. The smallest absolute Gasteiger partial charge is 0.191 e. The van der Waals surface area contributed by atoms with Crippen LogP contribution in [0, 0.1) is 0 Å². The van der Waals surface area contributed by atoms with Gasteiger partial charge in [0.05, 0.1) is 5.69 Å². The molecule has 2 atom stereocenters. The van der Waals surface area contributed by atoms with Crippen molar-refractivity contribution in [1.29, 1.82) is 0 Å². The zero-order valence-electron chi connectivity index (χ0n) is 15.0. The van der Waals surface area contributed by atoms with Crippen molar-refractivity contribution < 1.29 is 4.52 Å². The van der Waals surface area contributed by atoms with E-state index < -0.39 is 0 Å². The molecule has 0 saturated heterocycles. The quantitative estimate of drug-likeness (QED) is 0.609. The van der Waals surface area contributed by atoms with Crippen molar-refractivity contribution in [3.63, 3.8) is 0 Å². The highest BCUT2D eigenvalue weighted by atomic mass is 35.5. The average Bonchev–Trinajstić information content (AvgIpc) is 3.28. The van der Waals surface area contributed by atoms with Crippen molar-refractivity contribution in [3.05, 3.63) is 51.9 Å². The van der Waals surface area contributed by atoms with Crippen LogP contribution in [0.3, 0.4) is 0 Å². The van der Waals surface area contributed by atoms with E-state index in [4.69, 9.17) is 16.1 Å². The summed E-state index contributed by atoms with van der Waals surface area (Å²) in [6.07, 6.45) is 2.80. The molecule has 2 aromatic rings. The Balaban J connectivity index is 1.57. The molecule has 1 heterocycles. The van der Waals surface area contributed by atoms with Gasteiger partial charge in [-0.1, -0.05) is 42.7 Å². The Kier molecular flexibility index (Phi) is 5.63. The maximum absolute atomic E-state index is 6.09. The summed E-state index contributed by atoms with van der Waals surface area (Å²) in [6.45, 7) is 4.84. The van der Waals surface area contributed by atoms with Gasteiger partial charge in [-0.15, -0.1) is 0 Å². The number of guanidine groups is 1. The third-order valence-corrected chi connectivity index (χ3v) is 4.89. The number of aliphatic imine (C=N–C) groups is 1. The maximum atomic E-state index is 6.09. The second-order valence-corrected chi connectivity index (χ2v) is 6.75. The van der Waals surface area contributed by atoms with E-state index in [0.717, 1.165) is 47.3 Å². The Morgan fingerprint density at radius 2 is 2.20 bits per heavy atom. The average molecular weight is 361 g/mol. The fourth-order valence-electron chi connectivity index (χ4n) is 3.14. The monoisotopic (exact) mass is 360 g/mol. The molecule has 2 unspecified atom stereocenters. The van der Waals surface area contributed by atoms with Crippen LogP contribution >= 0.6 is 11.6 Å². The van der Waals surface area contributed by atoms with Crippen molar-refractivity contribution in [1.82, 2.24) is 15.8 Å². The number of rotatable bonds is 6. The van der Waals surface area contributed by atoms with E-state index >= 15 is 0 Å². The molecule has 3 rings (SSSR count). The minimum atomic E-state index is 0.392. The van der Waals surface area contributed by atoms with Gasteiger partial charge in [-0.25, -0.2) is 0 Å². The molecule has 0 bridgehead atoms. The number of nitrogens with one attached hydrogen (secondary N) is 2. The van der Waals surface area contributed by atoms with Crippen molar-refractivity contribution in [2.75, 3.05) is 7.05 Å². The lowest BCUT2D eigenvalue weighted by molar-refractivity contribution is 0.380. The second-order valence-electron chi connectivity index (χ2n) is 6.31. The van der Waals surface area contributed by atoms with Crippen LogP contribution in [0.15, 0.2) is 33.8 Å². The number of hydrogen-bond acceptors (Lipinski definition) is 3. The molecule has 1 fully saturated rings. The molecule has 0 radical (unpaired) electrons. The summed E-state index contributed by atoms with van der Waals surface area (Å²) in [5, 5.41) is 11.8. The van der Waals surface area contributed by atoms with Crippen molar-refractivity contribution in [2.24, 2.45) is 4.99 Å². The molecule has 0 amide bonds. The minimum Gasteiger partial charge on any atom is -0.361 e. The van der Waals surface area contributed by atoms with E-state index in [9.17, 15) is 0 Å². The number of aromatic nitrogens is 1. The first kappa shape index (κ1) is 17.8. The van der Waals surface area contributed by atoms with Crippen LogP contribution in [0.2, 0.25) is 5.02 Å². The summed E-state index contributed by atoms with van der Waals surface area (Å²) in [6, 6.07) is 8.48. The highest BCUT2D eigenvalue weighted by Crippen LogP contribution is 2.41. The van der Waals surface area contributed by atoms with Crippen molar-refractivity contribution in [2.45, 2.75) is 51.6 Å². The van der Waals surface area contributed by atoms with Crippen LogP contribution in [-0.4, -0.2) is 24.2 Å². The van der Waals surface area contributed by atoms with Gasteiger partial charge in [-0.3, -0.25) is 4.99 Å². The molecule has 1 aliphatic rings. The Morgan fingerprint density at radius 3 is 2.88 bits per heavy atom. The summed E-state index contributed by atoms with van der Waals surface area (Å²) < 4.78 is 5.42. The lowest BCUT2D eigenvalue weighted by Crippen LogP contribution is -2.38. The number of aryl methyl sites for hydroxylation is 2. The fraction of sp³-hybridized carbons (Fsp3) is 0.474. The molecular formula is C19H25ClN4O. The Hall–Kier alpha value is -2.01. The molecule has 2 N–H and O–H groups in total. The highest BCUT2D eigenvalue weighted by Gasteiger charge is 2.39. The van der Waals surface area contributed by atoms with Crippen LogP contribution in [-0.2, 0) is 19.4 Å². The normalized spacial score (nSPS) is 19.8. The first-order valence-corrected chi connectivity index (χ1v) is 9.23. The van der Waals surface area contributed by atoms with Gasteiger partial charge >= 0.3 is 0 Å². The van der Waals surface area contributed by atoms with Crippen molar-refractivity contribution in [3.8, 4) is 0 Å². The van der Waals surface area contributed by atoms with E-state index in [2.05, 4.69) is 40.7 Å². The first-order chi connectivity index (χ1) is 12.2. The molecule has 5 nitrogen and oxygen atoms in total. The van der Waals surface area contributed by atoms with E-state index in [1.807, 2.05) is 18.2 Å². The van der Waals surface area contributed by atoms with Crippen LogP contribution in [0.4, 0.5) is 0 Å². The van der Waals surface area contributed by atoms with E-state index in [0.29, 0.717) is 18.5 Å². The van der Waals surface area contributed by atoms with Gasteiger partial charge in [0.15, 0.2) is 5.96 Å². The zero-order valence-corrected chi connectivity index (χ0v) is 15.7. The standard InChI is InChI=1S/C19H25ClN4O/c1-4-16-15(18(5-2)25-24-16)11-22-19(21-3)23-17-10-14(17)12-7-6-8-13(20)9-12/h6-9,14,17H,4-5,10-11H2,1-3H3,(H2,21,22,23). The molecule has 1 aliphatic carbocycles. The summed E-state index contributed by atoms with van der Waals surface area (Å²) in [5.41, 5.74) is 3.44. The van der Waals surface area contributed by atoms with Gasteiger partial charge < -0.3 is 15.2 Å². The summed E-state index contributed by atoms with van der Waals surface area (Å²) in [5.74, 6) is 2.24. The number of hydrogen-bond donors (Lipinski definition) is 2. The van der Waals surface area contributed by atoms with E-state index in [1.165, 1.54) is 5.56 Å². The molecule has 0 aliphatic heterocycles. The predicted molar refractivity (Wildman–Crippen MR) is 101 cm³/mol. The van der Waals surface area contributed by atoms with Crippen LogP contribution in [0.25, 0.3) is 0 Å². The molecular weight excluding hydrogens is 336 g/mol. The molecule has 1 saturated carbocycles. The fourth-order valence-corrected chi connectivity index (χ4v) is 3.34. The summed E-state index contributed by atoms with van der Waals surface area (Å²) >= 11 is 6.09. The SMILES string of the molecule is CCc1noc(CC)c1CNC(=NC)NC1CC1c1cccc(Cl)c1. The Labute approximate surface area is 153 Å². The van der Waals surface area contributed by atoms with Gasteiger partial charge in [-0.05, 0) is 30.5 Å². The lowest BCUT2D eigenvalue weighted by atomic mass is 10.1. The molecule has 1 aromatic heterocycles. The second kappa shape index (κ2) is 7.91. The molecule has 6 heteroatoms. The van der Waals surface area contributed by atoms with Crippen LogP contribution in [0.1, 0.15) is 48.8 Å². The Morgan fingerprint density at radius 1 is 1.36 bits per heavy atom. The van der Waals surface area contributed by atoms with Crippen LogP contribution in [0.5, 0.6) is 0 Å². The van der Waals surface area contributed by atoms with Gasteiger partial charge in [-0.2, -0.15) is 0 Å². The highest BCUT2D eigenvalue weighted by molar-refractivity contribution is 6.30. The number of benzene rings is 1. The maximum Gasteiger partial charge on any atom is 0.191 e. The largest absolute Gasteiger partial charge is 0.361 e. The predicted octanol–water partition coefficient (Wildman–Crippen LogP) is 3.67. The first-order valence-electron chi connectivity index (χ1n) is 8.85. The minimum absolute atomic E-state index is 0.392.